The van der Waals surface area contributed by atoms with Crippen LogP contribution in [-0.4, -0.2) is 18.3 Å². The van der Waals surface area contributed by atoms with Crippen LogP contribution in [0.25, 0.3) is 0 Å². The summed E-state index contributed by atoms with van der Waals surface area (Å²) in [4.78, 5) is 3.47. The molecule has 2 aliphatic rings. The van der Waals surface area contributed by atoms with Gasteiger partial charge in [-0.15, -0.1) is 0 Å². The maximum Gasteiger partial charge on any atom is 0.418 e. The molecular weight excluding hydrogens is 344 g/mol. The fourth-order valence-electron chi connectivity index (χ4n) is 2.66. The minimum Gasteiger partial charge on any atom is -0.462 e. The number of ether oxygens (including phenoxy) is 1. The molecule has 1 aromatic rings. The Morgan fingerprint density at radius 2 is 2.10 bits per heavy atom. The molecule has 0 saturated heterocycles. The molecule has 1 fully saturated rings. The third-order valence-corrected chi connectivity index (χ3v) is 4.09. The summed E-state index contributed by atoms with van der Waals surface area (Å²) < 4.78 is 60.2. The summed E-state index contributed by atoms with van der Waals surface area (Å²) in [5.41, 5.74) is 2.14. The highest BCUT2D eigenvalue weighted by Gasteiger charge is 2.71. The molecule has 0 amide bonds. The van der Waals surface area contributed by atoms with E-state index in [4.69, 9.17) is 10.5 Å². The molecule has 1 heterocycles. The number of halogens is 5. The Hall–Kier alpha value is -1.31. The molecule has 3 nitrogen and oxygen atoms in total. The van der Waals surface area contributed by atoms with E-state index in [1.54, 1.807) is 0 Å². The van der Waals surface area contributed by atoms with Crippen molar-refractivity contribution in [1.82, 2.24) is 0 Å². The van der Waals surface area contributed by atoms with Crippen molar-refractivity contribution in [2.75, 3.05) is 0 Å². The SMILES string of the molecule is NC1=N[C@@](c2cc(Br)ccc2F)(C(F)(F)F)[C@H]2CC2O1. The maximum atomic E-state index is 14.0. The van der Waals surface area contributed by atoms with Gasteiger partial charge in [-0.2, -0.15) is 13.2 Å². The Bertz CT molecular complexity index is 604. The molecule has 0 spiro atoms. The first kappa shape index (κ1) is 13.7. The first-order chi connectivity index (χ1) is 9.25. The summed E-state index contributed by atoms with van der Waals surface area (Å²) in [6.45, 7) is 0. The highest BCUT2D eigenvalue weighted by Crippen LogP contribution is 2.60. The van der Waals surface area contributed by atoms with E-state index in [1.165, 1.54) is 6.07 Å². The molecule has 2 N–H and O–H groups in total. The monoisotopic (exact) mass is 352 g/mol. The van der Waals surface area contributed by atoms with Crippen LogP contribution >= 0.6 is 15.9 Å². The maximum absolute atomic E-state index is 14.0. The van der Waals surface area contributed by atoms with E-state index in [9.17, 15) is 17.6 Å². The van der Waals surface area contributed by atoms with Crippen molar-refractivity contribution in [2.45, 2.75) is 24.2 Å². The Labute approximate surface area is 119 Å². The zero-order chi connectivity index (χ0) is 14.7. The number of rotatable bonds is 1. The number of aliphatic imine (C=N–C) groups is 1. The van der Waals surface area contributed by atoms with Gasteiger partial charge in [-0.25, -0.2) is 9.38 Å². The fraction of sp³-hybridized carbons (Fsp3) is 0.417. The summed E-state index contributed by atoms with van der Waals surface area (Å²) in [5, 5.41) is 0. The van der Waals surface area contributed by atoms with E-state index in [-0.39, 0.29) is 6.42 Å². The van der Waals surface area contributed by atoms with Crippen LogP contribution in [0.15, 0.2) is 27.7 Å². The van der Waals surface area contributed by atoms with Crippen LogP contribution in [0.2, 0.25) is 0 Å². The lowest BCUT2D eigenvalue weighted by Gasteiger charge is -2.35. The van der Waals surface area contributed by atoms with Gasteiger partial charge in [-0.1, -0.05) is 15.9 Å². The first-order valence-electron chi connectivity index (χ1n) is 5.80. The van der Waals surface area contributed by atoms with Crippen molar-refractivity contribution >= 4 is 22.0 Å². The van der Waals surface area contributed by atoms with Crippen LogP contribution < -0.4 is 5.73 Å². The average Bonchev–Trinajstić information content (AvgIpc) is 3.08. The number of benzene rings is 1. The average molecular weight is 353 g/mol. The lowest BCUT2D eigenvalue weighted by atomic mass is 9.83. The topological polar surface area (TPSA) is 47.6 Å². The third kappa shape index (κ3) is 1.81. The molecule has 0 bridgehead atoms. The lowest BCUT2D eigenvalue weighted by Crippen LogP contribution is -2.48. The summed E-state index contributed by atoms with van der Waals surface area (Å²) in [6.07, 6.45) is -5.27. The lowest BCUT2D eigenvalue weighted by molar-refractivity contribution is -0.201. The second-order valence-corrected chi connectivity index (χ2v) is 5.75. The van der Waals surface area contributed by atoms with Crippen LogP contribution in [0.1, 0.15) is 12.0 Å². The molecule has 0 aromatic heterocycles. The van der Waals surface area contributed by atoms with E-state index >= 15 is 0 Å². The normalized spacial score (nSPS) is 32.1. The van der Waals surface area contributed by atoms with Gasteiger partial charge in [0.1, 0.15) is 11.9 Å². The van der Waals surface area contributed by atoms with Gasteiger partial charge in [0.05, 0.1) is 0 Å². The first-order valence-corrected chi connectivity index (χ1v) is 6.59. The third-order valence-electron chi connectivity index (χ3n) is 3.60. The fourth-order valence-corrected chi connectivity index (χ4v) is 3.02. The quantitative estimate of drug-likeness (QED) is 0.789. The predicted octanol–water partition coefficient (Wildman–Crippen LogP) is 3.08. The van der Waals surface area contributed by atoms with Gasteiger partial charge in [0, 0.05) is 16.0 Å². The molecule has 20 heavy (non-hydrogen) atoms. The van der Waals surface area contributed by atoms with Crippen LogP contribution in [0, 0.1) is 11.7 Å². The van der Waals surface area contributed by atoms with E-state index in [1.807, 2.05) is 0 Å². The van der Waals surface area contributed by atoms with Gasteiger partial charge in [-0.3, -0.25) is 0 Å². The van der Waals surface area contributed by atoms with Crippen molar-refractivity contribution in [3.05, 3.63) is 34.1 Å². The van der Waals surface area contributed by atoms with E-state index in [2.05, 4.69) is 20.9 Å². The van der Waals surface area contributed by atoms with Crippen molar-refractivity contribution in [2.24, 2.45) is 16.6 Å². The summed E-state index contributed by atoms with van der Waals surface area (Å²) in [7, 11) is 0. The summed E-state index contributed by atoms with van der Waals surface area (Å²) >= 11 is 3.06. The summed E-state index contributed by atoms with van der Waals surface area (Å²) in [5.74, 6) is -1.91. The van der Waals surface area contributed by atoms with E-state index < -0.39 is 41.1 Å². The standard InChI is InChI=1S/C12H9BrF4N2O/c13-5-1-2-8(14)6(3-5)11(12(15,16)17)7-4-9(7)20-10(18)19-11/h1-3,7,9H,4H2,(H2,18,19)/t7-,9?,11+/m0/s1. The molecule has 1 aliphatic heterocycles. The zero-order valence-electron chi connectivity index (χ0n) is 9.92. The van der Waals surface area contributed by atoms with Crippen LogP contribution in [0.3, 0.4) is 0 Å². The van der Waals surface area contributed by atoms with Gasteiger partial charge < -0.3 is 10.5 Å². The molecule has 8 heteroatoms. The molecule has 108 valence electrons. The predicted molar refractivity (Wildman–Crippen MR) is 66.4 cm³/mol. The van der Waals surface area contributed by atoms with Gasteiger partial charge in [0.2, 0.25) is 0 Å². The molecule has 1 aromatic carbocycles. The second-order valence-electron chi connectivity index (χ2n) is 4.84. The zero-order valence-corrected chi connectivity index (χ0v) is 11.5. The largest absolute Gasteiger partial charge is 0.462 e. The minimum absolute atomic E-state index is 0.148. The van der Waals surface area contributed by atoms with Crippen LogP contribution in [0.4, 0.5) is 17.6 Å². The number of hydrogen-bond acceptors (Lipinski definition) is 3. The number of nitrogens with two attached hydrogens (primary N) is 1. The van der Waals surface area contributed by atoms with Crippen molar-refractivity contribution in [3.8, 4) is 0 Å². The second kappa shape index (κ2) is 4.09. The van der Waals surface area contributed by atoms with Gasteiger partial charge in [0.15, 0.2) is 5.54 Å². The van der Waals surface area contributed by atoms with Crippen molar-refractivity contribution < 1.29 is 22.3 Å². The number of fused-ring (bicyclic) bond motifs is 1. The smallest absolute Gasteiger partial charge is 0.418 e. The van der Waals surface area contributed by atoms with Gasteiger partial charge in [0.25, 0.3) is 6.02 Å². The molecule has 3 atom stereocenters. The Morgan fingerprint density at radius 3 is 2.75 bits per heavy atom. The van der Waals surface area contributed by atoms with Crippen LogP contribution in [0.5, 0.6) is 0 Å². The molecule has 0 radical (unpaired) electrons. The molecule has 1 unspecified atom stereocenters. The molecular formula is C12H9BrF4N2O. The Morgan fingerprint density at radius 1 is 1.40 bits per heavy atom. The van der Waals surface area contributed by atoms with Crippen molar-refractivity contribution in [3.63, 3.8) is 0 Å². The highest BCUT2D eigenvalue weighted by atomic mass is 79.9. The minimum atomic E-state index is -4.76. The molecule has 1 aliphatic carbocycles. The number of hydrogen-bond donors (Lipinski definition) is 1. The number of alkyl halides is 3. The van der Waals surface area contributed by atoms with E-state index in [0.717, 1.165) is 12.1 Å². The van der Waals surface area contributed by atoms with Crippen molar-refractivity contribution in [1.29, 1.82) is 0 Å². The Balaban J connectivity index is 2.27. The highest BCUT2D eigenvalue weighted by molar-refractivity contribution is 9.10. The van der Waals surface area contributed by atoms with E-state index in [0.29, 0.717) is 4.47 Å². The number of amidine groups is 1. The summed E-state index contributed by atoms with van der Waals surface area (Å²) in [6, 6.07) is 2.85. The Kier molecular flexibility index (Phi) is 2.80. The van der Waals surface area contributed by atoms with Crippen LogP contribution in [-0.2, 0) is 10.3 Å². The van der Waals surface area contributed by atoms with Gasteiger partial charge in [-0.05, 0) is 24.6 Å². The number of nitrogens with zero attached hydrogens (tertiary/aromatic N) is 1. The van der Waals surface area contributed by atoms with Gasteiger partial charge >= 0.3 is 6.18 Å². The molecule has 1 saturated carbocycles. The molecule has 3 rings (SSSR count).